The van der Waals surface area contributed by atoms with Gasteiger partial charge in [0.15, 0.2) is 5.82 Å². The van der Waals surface area contributed by atoms with Gasteiger partial charge in [0.25, 0.3) is 0 Å². The van der Waals surface area contributed by atoms with Crippen molar-refractivity contribution in [1.29, 1.82) is 0 Å². The standard InChI is InChI=1S/C21H27ClN4O/c1-15-5-6-17(16(2)13-15)18-7-8-19(24-23-18)25-9-11-26(12-10-25)20(27)21(3,4)14-22/h5-8,13H,9-12,14H2,1-4H3. The minimum atomic E-state index is -0.517. The number of alkyl halides is 1. The third-order valence-corrected chi connectivity index (χ3v) is 5.78. The molecule has 0 spiro atoms. The van der Waals surface area contributed by atoms with Crippen molar-refractivity contribution in [2.24, 2.45) is 5.41 Å². The number of aromatic nitrogens is 2. The van der Waals surface area contributed by atoms with E-state index in [1.807, 2.05) is 30.9 Å². The second-order valence-electron chi connectivity index (χ2n) is 7.89. The van der Waals surface area contributed by atoms with Gasteiger partial charge in [-0.05, 0) is 45.4 Å². The molecule has 27 heavy (non-hydrogen) atoms. The Bertz CT molecular complexity index is 811. The number of aryl methyl sites for hydroxylation is 2. The van der Waals surface area contributed by atoms with Crippen LogP contribution in [0.3, 0.4) is 0 Å². The summed E-state index contributed by atoms with van der Waals surface area (Å²) in [5, 5.41) is 8.86. The molecule has 0 bridgehead atoms. The van der Waals surface area contributed by atoms with Gasteiger partial charge in [0.1, 0.15) is 0 Å². The lowest BCUT2D eigenvalue weighted by Crippen LogP contribution is -2.52. The highest BCUT2D eigenvalue weighted by Gasteiger charge is 2.33. The van der Waals surface area contributed by atoms with Gasteiger partial charge in [-0.15, -0.1) is 21.8 Å². The van der Waals surface area contributed by atoms with Crippen molar-refractivity contribution >= 4 is 23.3 Å². The topological polar surface area (TPSA) is 49.3 Å². The average Bonchev–Trinajstić information content (AvgIpc) is 2.68. The second-order valence-corrected chi connectivity index (χ2v) is 8.16. The Morgan fingerprint density at radius 3 is 2.33 bits per heavy atom. The normalized spacial score (nSPS) is 15.1. The summed E-state index contributed by atoms with van der Waals surface area (Å²) in [4.78, 5) is 16.6. The highest BCUT2D eigenvalue weighted by molar-refractivity contribution is 6.19. The summed E-state index contributed by atoms with van der Waals surface area (Å²) in [6.45, 7) is 10.8. The largest absolute Gasteiger partial charge is 0.352 e. The minimum Gasteiger partial charge on any atom is -0.352 e. The summed E-state index contributed by atoms with van der Waals surface area (Å²) >= 11 is 5.94. The van der Waals surface area contributed by atoms with E-state index in [0.29, 0.717) is 19.0 Å². The number of piperazine rings is 1. The smallest absolute Gasteiger partial charge is 0.229 e. The highest BCUT2D eigenvalue weighted by Crippen LogP contribution is 2.25. The van der Waals surface area contributed by atoms with E-state index in [1.165, 1.54) is 11.1 Å². The average molecular weight is 387 g/mol. The SMILES string of the molecule is Cc1ccc(-c2ccc(N3CCN(C(=O)C(C)(C)CCl)CC3)nn2)c(C)c1. The van der Waals surface area contributed by atoms with Crippen molar-refractivity contribution in [2.75, 3.05) is 37.0 Å². The molecule has 0 N–H and O–H groups in total. The third kappa shape index (κ3) is 4.24. The fourth-order valence-corrected chi connectivity index (χ4v) is 3.48. The van der Waals surface area contributed by atoms with Crippen molar-refractivity contribution in [1.82, 2.24) is 15.1 Å². The molecule has 2 aromatic rings. The maximum Gasteiger partial charge on any atom is 0.229 e. The molecule has 1 aromatic heterocycles. The lowest BCUT2D eigenvalue weighted by molar-refractivity contribution is -0.139. The Balaban J connectivity index is 1.66. The van der Waals surface area contributed by atoms with Gasteiger partial charge >= 0.3 is 0 Å². The molecule has 2 heterocycles. The Kier molecular flexibility index (Phi) is 5.70. The Morgan fingerprint density at radius 2 is 1.78 bits per heavy atom. The van der Waals surface area contributed by atoms with Gasteiger partial charge in [-0.3, -0.25) is 4.79 Å². The molecule has 3 rings (SSSR count). The molecule has 1 aromatic carbocycles. The van der Waals surface area contributed by atoms with E-state index in [4.69, 9.17) is 11.6 Å². The maximum absolute atomic E-state index is 12.5. The zero-order chi connectivity index (χ0) is 19.6. The molecule has 0 atom stereocenters. The van der Waals surface area contributed by atoms with Crippen LogP contribution < -0.4 is 4.90 Å². The van der Waals surface area contributed by atoms with Gasteiger partial charge in [0, 0.05) is 37.6 Å². The van der Waals surface area contributed by atoms with Gasteiger partial charge in [-0.1, -0.05) is 23.8 Å². The van der Waals surface area contributed by atoms with E-state index < -0.39 is 5.41 Å². The number of carbonyl (C=O) groups excluding carboxylic acids is 1. The molecule has 0 unspecified atom stereocenters. The van der Waals surface area contributed by atoms with Crippen LogP contribution in [0.5, 0.6) is 0 Å². The van der Waals surface area contributed by atoms with Crippen LogP contribution in [0.1, 0.15) is 25.0 Å². The summed E-state index contributed by atoms with van der Waals surface area (Å²) in [5.41, 5.74) is 3.92. The first-order valence-corrected chi connectivity index (χ1v) is 9.87. The van der Waals surface area contributed by atoms with Gasteiger partial charge in [0.2, 0.25) is 5.91 Å². The number of nitrogens with zero attached hydrogens (tertiary/aromatic N) is 4. The van der Waals surface area contributed by atoms with E-state index in [9.17, 15) is 4.79 Å². The Morgan fingerprint density at radius 1 is 1.07 bits per heavy atom. The Labute approximate surface area is 166 Å². The van der Waals surface area contributed by atoms with Crippen LogP contribution in [-0.2, 0) is 4.79 Å². The zero-order valence-corrected chi connectivity index (χ0v) is 17.3. The summed E-state index contributed by atoms with van der Waals surface area (Å²) in [6.07, 6.45) is 0. The van der Waals surface area contributed by atoms with Crippen molar-refractivity contribution < 1.29 is 4.79 Å². The van der Waals surface area contributed by atoms with Gasteiger partial charge < -0.3 is 9.80 Å². The molecule has 5 nitrogen and oxygen atoms in total. The molecule has 1 aliphatic heterocycles. The van der Waals surface area contributed by atoms with Crippen LogP contribution in [0.2, 0.25) is 0 Å². The van der Waals surface area contributed by atoms with Crippen LogP contribution >= 0.6 is 11.6 Å². The number of benzene rings is 1. The molecule has 6 heteroatoms. The van der Waals surface area contributed by atoms with E-state index in [-0.39, 0.29) is 5.91 Å². The third-order valence-electron chi connectivity index (χ3n) is 5.11. The molecular weight excluding hydrogens is 360 g/mol. The van der Waals surface area contributed by atoms with E-state index >= 15 is 0 Å². The first-order chi connectivity index (χ1) is 12.8. The number of hydrogen-bond acceptors (Lipinski definition) is 4. The van der Waals surface area contributed by atoms with Crippen LogP contribution in [-0.4, -0.2) is 53.1 Å². The number of carbonyl (C=O) groups is 1. The maximum atomic E-state index is 12.5. The monoisotopic (exact) mass is 386 g/mol. The molecule has 1 saturated heterocycles. The fraction of sp³-hybridized carbons (Fsp3) is 0.476. The molecule has 0 radical (unpaired) electrons. The first-order valence-electron chi connectivity index (χ1n) is 9.33. The van der Waals surface area contributed by atoms with Crippen LogP contribution in [0.4, 0.5) is 5.82 Å². The number of amides is 1. The van der Waals surface area contributed by atoms with Crippen molar-refractivity contribution in [3.05, 3.63) is 41.5 Å². The number of anilines is 1. The Hall–Kier alpha value is -2.14. The van der Waals surface area contributed by atoms with Crippen LogP contribution in [0, 0.1) is 19.3 Å². The van der Waals surface area contributed by atoms with Crippen molar-refractivity contribution in [2.45, 2.75) is 27.7 Å². The predicted octanol–water partition coefficient (Wildman–Crippen LogP) is 3.67. The molecule has 144 valence electrons. The minimum absolute atomic E-state index is 0.119. The predicted molar refractivity (Wildman–Crippen MR) is 110 cm³/mol. The molecule has 0 saturated carbocycles. The second kappa shape index (κ2) is 7.85. The quantitative estimate of drug-likeness (QED) is 0.752. The van der Waals surface area contributed by atoms with Crippen molar-refractivity contribution in [3.8, 4) is 11.3 Å². The zero-order valence-electron chi connectivity index (χ0n) is 16.5. The number of hydrogen-bond donors (Lipinski definition) is 0. The number of halogens is 1. The fourth-order valence-electron chi connectivity index (χ4n) is 3.36. The highest BCUT2D eigenvalue weighted by atomic mass is 35.5. The molecule has 1 aliphatic rings. The van der Waals surface area contributed by atoms with E-state index in [1.54, 1.807) is 0 Å². The number of rotatable bonds is 4. The van der Waals surface area contributed by atoms with E-state index in [2.05, 4.69) is 47.1 Å². The first kappa shape index (κ1) is 19.6. The van der Waals surface area contributed by atoms with Gasteiger partial charge in [-0.25, -0.2) is 0 Å². The van der Waals surface area contributed by atoms with Gasteiger partial charge in [0.05, 0.1) is 11.1 Å². The van der Waals surface area contributed by atoms with Crippen molar-refractivity contribution in [3.63, 3.8) is 0 Å². The lowest BCUT2D eigenvalue weighted by atomic mass is 9.94. The van der Waals surface area contributed by atoms with Gasteiger partial charge in [-0.2, -0.15) is 0 Å². The van der Waals surface area contributed by atoms with Crippen LogP contribution in [0.25, 0.3) is 11.3 Å². The summed E-state index contributed by atoms with van der Waals surface area (Å²) in [7, 11) is 0. The molecule has 0 aliphatic carbocycles. The summed E-state index contributed by atoms with van der Waals surface area (Å²) in [5.74, 6) is 1.30. The summed E-state index contributed by atoms with van der Waals surface area (Å²) < 4.78 is 0. The lowest BCUT2D eigenvalue weighted by Gasteiger charge is -2.38. The van der Waals surface area contributed by atoms with Crippen LogP contribution in [0.15, 0.2) is 30.3 Å². The van der Waals surface area contributed by atoms with E-state index in [0.717, 1.165) is 30.2 Å². The summed E-state index contributed by atoms with van der Waals surface area (Å²) in [6, 6.07) is 10.4. The molecule has 1 fully saturated rings. The molecule has 1 amide bonds. The molecular formula is C21H27ClN4O.